The van der Waals surface area contributed by atoms with Crippen molar-refractivity contribution in [3.8, 4) is 0 Å². The number of benzene rings is 3. The molecule has 0 unspecified atom stereocenters. The maximum atomic E-state index is 4.06. The molecule has 0 aromatic heterocycles. The van der Waals surface area contributed by atoms with Gasteiger partial charge in [0.25, 0.3) is 0 Å². The van der Waals surface area contributed by atoms with Crippen LogP contribution >= 0.6 is 23.5 Å². The van der Waals surface area contributed by atoms with Gasteiger partial charge in [-0.25, -0.2) is 0 Å². The molecule has 0 aliphatic carbocycles. The fraction of sp³-hybridized carbons (Fsp3) is 0.143. The van der Waals surface area contributed by atoms with Crippen LogP contribution in [0.3, 0.4) is 0 Å². The van der Waals surface area contributed by atoms with Crippen LogP contribution in [-0.2, 0) is 3.83 Å². The molecular weight excluding hydrogens is 379 g/mol. The standard InChI is InChI=1S/C20H20P.CH3BrO/c1-2-21(18-12-6-3-7-13-18,19-14-8-4-9-15-19)20-16-10-5-11-17-20;1-3-2/h3-17H,2H2,1H3;1H3/q+1;. The minimum absolute atomic E-state index is 1.14. The molecule has 124 valence electrons. The molecule has 0 amide bonds. The van der Waals surface area contributed by atoms with Crippen LogP contribution in [-0.4, -0.2) is 13.3 Å². The van der Waals surface area contributed by atoms with Crippen LogP contribution in [0.4, 0.5) is 0 Å². The summed E-state index contributed by atoms with van der Waals surface area (Å²) in [6.45, 7) is 2.32. The van der Waals surface area contributed by atoms with E-state index in [4.69, 9.17) is 0 Å². The fourth-order valence-electron chi connectivity index (χ4n) is 3.04. The highest BCUT2D eigenvalue weighted by Crippen LogP contribution is 2.54. The van der Waals surface area contributed by atoms with Crippen molar-refractivity contribution in [2.75, 3.05) is 13.3 Å². The molecule has 3 heteroatoms. The van der Waals surface area contributed by atoms with Crippen molar-refractivity contribution in [3.63, 3.8) is 0 Å². The quantitative estimate of drug-likeness (QED) is 0.562. The first-order chi connectivity index (χ1) is 11.8. The van der Waals surface area contributed by atoms with Crippen LogP contribution in [0.2, 0.25) is 0 Å². The van der Waals surface area contributed by atoms with E-state index in [1.807, 2.05) is 0 Å². The predicted molar refractivity (Wildman–Crippen MR) is 112 cm³/mol. The van der Waals surface area contributed by atoms with Crippen LogP contribution in [0.5, 0.6) is 0 Å². The third-order valence-corrected chi connectivity index (χ3v) is 8.55. The zero-order valence-corrected chi connectivity index (χ0v) is 16.6. The highest BCUT2D eigenvalue weighted by molar-refractivity contribution is 9.06. The Kier molecular flexibility index (Phi) is 7.65. The summed E-state index contributed by atoms with van der Waals surface area (Å²) in [6.07, 6.45) is 1.14. The fourth-order valence-corrected chi connectivity index (χ4v) is 7.08. The van der Waals surface area contributed by atoms with Gasteiger partial charge in [-0.2, -0.15) is 0 Å². The van der Waals surface area contributed by atoms with E-state index in [1.165, 1.54) is 15.9 Å². The number of halogens is 1. The molecule has 0 spiro atoms. The van der Waals surface area contributed by atoms with Crippen molar-refractivity contribution in [2.45, 2.75) is 6.92 Å². The Morgan fingerprint density at radius 1 is 0.667 bits per heavy atom. The molecule has 0 saturated carbocycles. The SMILES string of the molecule is CC[P+](c1ccccc1)(c1ccccc1)c1ccccc1.COBr. The van der Waals surface area contributed by atoms with Crippen molar-refractivity contribution in [3.05, 3.63) is 91.0 Å². The van der Waals surface area contributed by atoms with Gasteiger partial charge < -0.3 is 3.83 Å². The number of rotatable bonds is 4. The topological polar surface area (TPSA) is 9.23 Å². The van der Waals surface area contributed by atoms with Gasteiger partial charge in [-0.05, 0) is 43.3 Å². The van der Waals surface area contributed by atoms with Crippen LogP contribution in [0.1, 0.15) is 6.92 Å². The van der Waals surface area contributed by atoms with E-state index >= 15 is 0 Å². The lowest BCUT2D eigenvalue weighted by atomic mass is 10.4. The molecule has 0 saturated heterocycles. The highest BCUT2D eigenvalue weighted by atomic mass is 79.9. The van der Waals surface area contributed by atoms with Gasteiger partial charge in [0, 0.05) is 0 Å². The molecular formula is C21H23BrOP+. The van der Waals surface area contributed by atoms with Crippen LogP contribution in [0, 0.1) is 0 Å². The highest BCUT2D eigenvalue weighted by Gasteiger charge is 2.43. The van der Waals surface area contributed by atoms with Crippen molar-refractivity contribution < 1.29 is 3.83 Å². The summed E-state index contributed by atoms with van der Waals surface area (Å²) in [5.74, 6) is 0. The van der Waals surface area contributed by atoms with Crippen molar-refractivity contribution in [1.29, 1.82) is 0 Å². The van der Waals surface area contributed by atoms with Crippen molar-refractivity contribution >= 4 is 39.4 Å². The molecule has 24 heavy (non-hydrogen) atoms. The molecule has 1 nitrogen and oxygen atoms in total. The van der Waals surface area contributed by atoms with Crippen LogP contribution < -0.4 is 15.9 Å². The van der Waals surface area contributed by atoms with Gasteiger partial charge >= 0.3 is 0 Å². The molecule has 0 atom stereocenters. The van der Waals surface area contributed by atoms with Gasteiger partial charge in [0.1, 0.15) is 23.2 Å². The van der Waals surface area contributed by atoms with Gasteiger partial charge in [0.05, 0.1) is 29.5 Å². The van der Waals surface area contributed by atoms with Gasteiger partial charge in [-0.1, -0.05) is 54.6 Å². The molecule has 0 aliphatic rings. The summed E-state index contributed by atoms with van der Waals surface area (Å²) >= 11 is 2.65. The Labute approximate surface area is 154 Å². The lowest BCUT2D eigenvalue weighted by Crippen LogP contribution is -2.32. The number of hydrogen-bond acceptors (Lipinski definition) is 1. The van der Waals surface area contributed by atoms with Crippen molar-refractivity contribution in [1.82, 2.24) is 0 Å². The third-order valence-electron chi connectivity index (χ3n) is 4.07. The minimum Gasteiger partial charge on any atom is -0.311 e. The lowest BCUT2D eigenvalue weighted by molar-refractivity contribution is 0.519. The maximum absolute atomic E-state index is 4.06. The molecule has 0 aliphatic heterocycles. The second-order valence-corrected chi connectivity index (χ2v) is 9.74. The average Bonchev–Trinajstić information content (AvgIpc) is 2.66. The Balaban J connectivity index is 0.000000647. The summed E-state index contributed by atoms with van der Waals surface area (Å²) in [7, 11) is 0.00752. The Morgan fingerprint density at radius 3 is 1.12 bits per heavy atom. The largest absolute Gasteiger partial charge is 0.311 e. The predicted octanol–water partition coefficient (Wildman–Crippen LogP) is 4.94. The van der Waals surface area contributed by atoms with Gasteiger partial charge in [0.2, 0.25) is 0 Å². The van der Waals surface area contributed by atoms with Crippen LogP contribution in [0.25, 0.3) is 0 Å². The van der Waals surface area contributed by atoms with Gasteiger partial charge in [0.15, 0.2) is 0 Å². The first-order valence-electron chi connectivity index (χ1n) is 7.99. The molecule has 0 fully saturated rings. The Hall–Kier alpha value is -1.47. The van der Waals surface area contributed by atoms with E-state index < -0.39 is 7.26 Å². The van der Waals surface area contributed by atoms with E-state index in [9.17, 15) is 0 Å². The van der Waals surface area contributed by atoms with E-state index in [0.29, 0.717) is 0 Å². The summed E-state index contributed by atoms with van der Waals surface area (Å²) in [5, 5.41) is 4.39. The summed E-state index contributed by atoms with van der Waals surface area (Å²) in [5.41, 5.74) is 0. The zero-order chi connectivity index (χ0) is 17.3. The second-order valence-electron chi connectivity index (χ2n) is 5.29. The van der Waals surface area contributed by atoms with E-state index in [0.717, 1.165) is 6.16 Å². The maximum Gasteiger partial charge on any atom is 0.111 e. The summed E-state index contributed by atoms with van der Waals surface area (Å²) < 4.78 is 4.06. The molecule has 0 radical (unpaired) electrons. The molecule has 3 aromatic carbocycles. The molecule has 3 rings (SSSR count). The molecule has 0 N–H and O–H groups in total. The van der Waals surface area contributed by atoms with E-state index in [2.05, 4.69) is 118 Å². The minimum atomic E-state index is -1.53. The van der Waals surface area contributed by atoms with Gasteiger partial charge in [-0.3, -0.25) is 0 Å². The monoisotopic (exact) mass is 401 g/mol. The molecule has 0 heterocycles. The van der Waals surface area contributed by atoms with Crippen molar-refractivity contribution in [2.24, 2.45) is 0 Å². The molecule has 0 bridgehead atoms. The Morgan fingerprint density at radius 2 is 0.917 bits per heavy atom. The zero-order valence-electron chi connectivity index (χ0n) is 14.1. The van der Waals surface area contributed by atoms with E-state index in [1.54, 1.807) is 7.11 Å². The summed E-state index contributed by atoms with van der Waals surface area (Å²) in [4.78, 5) is 0. The Bertz CT molecular complexity index is 605. The van der Waals surface area contributed by atoms with Crippen LogP contribution in [0.15, 0.2) is 91.0 Å². The third kappa shape index (κ3) is 4.13. The smallest absolute Gasteiger partial charge is 0.111 e. The lowest BCUT2D eigenvalue weighted by Gasteiger charge is -2.26. The summed E-state index contributed by atoms with van der Waals surface area (Å²) in [6, 6.07) is 33.0. The normalized spacial score (nSPS) is 10.6. The van der Waals surface area contributed by atoms with Gasteiger partial charge in [-0.15, -0.1) is 0 Å². The van der Waals surface area contributed by atoms with E-state index in [-0.39, 0.29) is 0 Å². The number of hydrogen-bond donors (Lipinski definition) is 0. The first kappa shape index (κ1) is 18.9. The molecule has 3 aromatic rings. The second kappa shape index (κ2) is 9.74. The average molecular weight is 402 g/mol. The first-order valence-corrected chi connectivity index (χ1v) is 10.6.